The Morgan fingerprint density at radius 1 is 0.867 bits per heavy atom. The topological polar surface area (TPSA) is 80.7 Å². The Kier molecular flexibility index (Phi) is 5.57. The lowest BCUT2D eigenvalue weighted by molar-refractivity contribution is -0.114. The molecule has 0 unspecified atom stereocenters. The van der Waals surface area contributed by atoms with E-state index in [0.29, 0.717) is 12.2 Å². The summed E-state index contributed by atoms with van der Waals surface area (Å²) in [6.07, 6.45) is 9.54. The molecule has 30 heavy (non-hydrogen) atoms. The summed E-state index contributed by atoms with van der Waals surface area (Å²) >= 11 is 0. The van der Waals surface area contributed by atoms with E-state index in [9.17, 15) is 4.79 Å². The Morgan fingerprint density at radius 3 is 2.17 bits per heavy atom. The number of amides is 1. The third-order valence-corrected chi connectivity index (χ3v) is 4.97. The standard InChI is InChI=1S/C24H21N5O/c1-18(30)28-23-11-4-9-21(29-23)15-24(19-7-5-12-25-16-19,20-8-6-13-26-17-20)22-10-2-3-14-27-22/h2-14,16-17H,15H2,1H3,(H,28,29,30). The predicted octanol–water partition coefficient (Wildman–Crippen LogP) is 3.80. The van der Waals surface area contributed by atoms with Gasteiger partial charge in [-0.25, -0.2) is 4.98 Å². The van der Waals surface area contributed by atoms with Crippen molar-refractivity contribution in [3.63, 3.8) is 0 Å². The first-order chi connectivity index (χ1) is 14.7. The Hall–Kier alpha value is -3.93. The van der Waals surface area contributed by atoms with Crippen LogP contribution in [-0.2, 0) is 16.6 Å². The number of hydrogen-bond acceptors (Lipinski definition) is 5. The molecule has 0 saturated heterocycles. The number of nitrogens with one attached hydrogen (secondary N) is 1. The van der Waals surface area contributed by atoms with Crippen molar-refractivity contribution in [2.24, 2.45) is 0 Å². The quantitative estimate of drug-likeness (QED) is 0.537. The Labute approximate surface area is 175 Å². The molecule has 4 aromatic heterocycles. The van der Waals surface area contributed by atoms with Crippen LogP contribution in [0.15, 0.2) is 91.6 Å². The van der Waals surface area contributed by atoms with Crippen molar-refractivity contribution in [2.45, 2.75) is 18.8 Å². The highest BCUT2D eigenvalue weighted by Crippen LogP contribution is 2.40. The first-order valence-corrected chi connectivity index (χ1v) is 9.64. The van der Waals surface area contributed by atoms with E-state index in [-0.39, 0.29) is 5.91 Å². The van der Waals surface area contributed by atoms with Crippen molar-refractivity contribution in [3.8, 4) is 0 Å². The second kappa shape index (κ2) is 8.61. The van der Waals surface area contributed by atoms with E-state index in [1.807, 2.05) is 67.0 Å². The molecular formula is C24H21N5O. The van der Waals surface area contributed by atoms with Crippen LogP contribution in [0.1, 0.15) is 29.4 Å². The highest BCUT2D eigenvalue weighted by Gasteiger charge is 2.39. The van der Waals surface area contributed by atoms with Crippen molar-refractivity contribution >= 4 is 11.7 Å². The van der Waals surface area contributed by atoms with Crippen LogP contribution in [0.3, 0.4) is 0 Å². The lowest BCUT2D eigenvalue weighted by Gasteiger charge is -2.34. The molecule has 4 rings (SSSR count). The van der Waals surface area contributed by atoms with Gasteiger partial charge in [-0.3, -0.25) is 19.7 Å². The minimum Gasteiger partial charge on any atom is -0.311 e. The van der Waals surface area contributed by atoms with E-state index in [0.717, 1.165) is 22.5 Å². The van der Waals surface area contributed by atoms with E-state index in [1.165, 1.54) is 6.92 Å². The minimum absolute atomic E-state index is 0.157. The average Bonchev–Trinajstić information content (AvgIpc) is 2.79. The fourth-order valence-electron chi connectivity index (χ4n) is 3.70. The molecule has 0 bridgehead atoms. The number of rotatable bonds is 6. The molecule has 0 atom stereocenters. The number of carbonyl (C=O) groups is 1. The van der Waals surface area contributed by atoms with E-state index >= 15 is 0 Å². The molecule has 1 amide bonds. The third kappa shape index (κ3) is 3.93. The number of nitrogens with zero attached hydrogens (tertiary/aromatic N) is 4. The lowest BCUT2D eigenvalue weighted by Crippen LogP contribution is -2.34. The van der Waals surface area contributed by atoms with Crippen LogP contribution < -0.4 is 5.32 Å². The molecule has 0 saturated carbocycles. The molecule has 0 fully saturated rings. The number of hydrogen-bond donors (Lipinski definition) is 1. The van der Waals surface area contributed by atoms with Gasteiger partial charge in [0.1, 0.15) is 5.82 Å². The van der Waals surface area contributed by atoms with Gasteiger partial charge < -0.3 is 5.32 Å². The maximum atomic E-state index is 11.5. The molecule has 4 aromatic rings. The monoisotopic (exact) mass is 395 g/mol. The highest BCUT2D eigenvalue weighted by atomic mass is 16.1. The summed E-state index contributed by atoms with van der Waals surface area (Å²) in [6, 6.07) is 19.5. The summed E-state index contributed by atoms with van der Waals surface area (Å²) in [7, 11) is 0. The molecule has 4 heterocycles. The van der Waals surface area contributed by atoms with Gasteiger partial charge in [0, 0.05) is 50.0 Å². The summed E-state index contributed by atoms with van der Waals surface area (Å²) < 4.78 is 0. The number of aromatic nitrogens is 4. The number of anilines is 1. The SMILES string of the molecule is CC(=O)Nc1cccc(CC(c2cccnc2)(c2cccnc2)c2ccccn2)n1. The maximum absolute atomic E-state index is 11.5. The van der Waals surface area contributed by atoms with Crippen molar-refractivity contribution in [1.82, 2.24) is 19.9 Å². The fraction of sp³-hybridized carbons (Fsp3) is 0.125. The first kappa shape index (κ1) is 19.4. The van der Waals surface area contributed by atoms with Gasteiger partial charge in [-0.15, -0.1) is 0 Å². The van der Waals surface area contributed by atoms with Gasteiger partial charge in [0.15, 0.2) is 0 Å². The van der Waals surface area contributed by atoms with Gasteiger partial charge in [0.05, 0.1) is 11.1 Å². The van der Waals surface area contributed by atoms with Gasteiger partial charge >= 0.3 is 0 Å². The lowest BCUT2D eigenvalue weighted by atomic mass is 9.69. The van der Waals surface area contributed by atoms with E-state index in [2.05, 4.69) is 20.3 Å². The third-order valence-electron chi connectivity index (χ3n) is 4.97. The van der Waals surface area contributed by atoms with Gasteiger partial charge in [0.25, 0.3) is 0 Å². The normalized spacial score (nSPS) is 11.1. The summed E-state index contributed by atoms with van der Waals surface area (Å²) in [5, 5.41) is 2.76. The molecule has 0 radical (unpaired) electrons. The zero-order valence-corrected chi connectivity index (χ0v) is 16.6. The van der Waals surface area contributed by atoms with Gasteiger partial charge in [0.2, 0.25) is 5.91 Å². The van der Waals surface area contributed by atoms with E-state index in [1.54, 1.807) is 24.7 Å². The molecular weight excluding hydrogens is 374 g/mol. The number of pyridine rings is 4. The van der Waals surface area contributed by atoms with Gasteiger partial charge in [-0.05, 0) is 47.5 Å². The van der Waals surface area contributed by atoms with Crippen molar-refractivity contribution < 1.29 is 4.79 Å². The summed E-state index contributed by atoms with van der Waals surface area (Å²) in [6.45, 7) is 1.47. The summed E-state index contributed by atoms with van der Waals surface area (Å²) in [5.74, 6) is 0.363. The molecule has 0 aliphatic carbocycles. The second-order valence-corrected chi connectivity index (χ2v) is 6.98. The van der Waals surface area contributed by atoms with E-state index < -0.39 is 5.41 Å². The van der Waals surface area contributed by atoms with Gasteiger partial charge in [-0.2, -0.15) is 0 Å². The second-order valence-electron chi connectivity index (χ2n) is 6.98. The highest BCUT2D eigenvalue weighted by molar-refractivity contribution is 5.87. The van der Waals surface area contributed by atoms with Crippen molar-refractivity contribution in [3.05, 3.63) is 114 Å². The first-order valence-electron chi connectivity index (χ1n) is 9.64. The molecule has 1 N–H and O–H groups in total. The smallest absolute Gasteiger partial charge is 0.222 e. The molecule has 0 aromatic carbocycles. The van der Waals surface area contributed by atoms with Crippen LogP contribution in [-0.4, -0.2) is 25.8 Å². The molecule has 148 valence electrons. The zero-order valence-electron chi connectivity index (χ0n) is 16.6. The molecule has 0 aliphatic heterocycles. The Bertz CT molecular complexity index is 1020. The van der Waals surface area contributed by atoms with Crippen LogP contribution in [0.25, 0.3) is 0 Å². The predicted molar refractivity (Wildman–Crippen MR) is 115 cm³/mol. The number of carbonyl (C=O) groups excluding carboxylic acids is 1. The van der Waals surface area contributed by atoms with Crippen molar-refractivity contribution in [1.29, 1.82) is 0 Å². The minimum atomic E-state index is -0.647. The Balaban J connectivity index is 1.93. The van der Waals surface area contributed by atoms with Crippen LogP contribution in [0.4, 0.5) is 5.82 Å². The largest absolute Gasteiger partial charge is 0.311 e. The molecule has 6 nitrogen and oxygen atoms in total. The summed E-state index contributed by atoms with van der Waals surface area (Å²) in [5.41, 5.74) is 3.02. The van der Waals surface area contributed by atoms with Crippen LogP contribution >= 0.6 is 0 Å². The van der Waals surface area contributed by atoms with Crippen LogP contribution in [0, 0.1) is 0 Å². The van der Waals surface area contributed by atoms with Crippen LogP contribution in [0.2, 0.25) is 0 Å². The van der Waals surface area contributed by atoms with Crippen LogP contribution in [0.5, 0.6) is 0 Å². The van der Waals surface area contributed by atoms with E-state index in [4.69, 9.17) is 4.98 Å². The molecule has 0 aliphatic rings. The molecule has 0 spiro atoms. The molecule has 6 heteroatoms. The zero-order chi connectivity index (χ0) is 20.8. The van der Waals surface area contributed by atoms with Gasteiger partial charge in [-0.1, -0.05) is 24.3 Å². The maximum Gasteiger partial charge on any atom is 0.222 e. The Morgan fingerprint density at radius 2 is 1.60 bits per heavy atom. The summed E-state index contributed by atoms with van der Waals surface area (Å²) in [4.78, 5) is 29.6. The average molecular weight is 395 g/mol. The fourth-order valence-corrected chi connectivity index (χ4v) is 3.70. The van der Waals surface area contributed by atoms with Crippen molar-refractivity contribution in [2.75, 3.05) is 5.32 Å².